The van der Waals surface area contributed by atoms with Crippen molar-refractivity contribution in [3.05, 3.63) is 0 Å². The minimum absolute atomic E-state index is 1.15. The van der Waals surface area contributed by atoms with Crippen LogP contribution in [0.15, 0.2) is 0 Å². The maximum atomic E-state index is 10.4. The number of hydrogen-bond donors (Lipinski definition) is 3. The summed E-state index contributed by atoms with van der Waals surface area (Å²) < 4.78 is 28.7. The molecule has 0 aliphatic carbocycles. The fraction of sp³-hybridized carbons (Fsp3) is 0.667. The molecule has 0 spiro atoms. The molecule has 0 amide bonds. The minimum atomic E-state index is -2.96. The van der Waals surface area contributed by atoms with E-state index in [9.17, 15) is 9.59 Å². The van der Waals surface area contributed by atoms with Gasteiger partial charge in [0.25, 0.3) is 0 Å². The second kappa shape index (κ2) is 4.68. The number of carbonyl (C=O) groups is 2. The molecule has 1 unspecified atom stereocenters. The Morgan fingerprint density at radius 1 is 1.55 bits per heavy atom. The van der Waals surface area contributed by atoms with E-state index in [2.05, 4.69) is 0 Å². The van der Waals surface area contributed by atoms with Crippen molar-refractivity contribution < 1.29 is 25.3 Å². The van der Waals surface area contributed by atoms with Crippen LogP contribution in [-0.4, -0.2) is 28.2 Å². The van der Waals surface area contributed by atoms with Gasteiger partial charge in [-0.25, -0.2) is 0 Å². The molecule has 0 aliphatic rings. The van der Waals surface area contributed by atoms with Crippen LogP contribution in [0.25, 0.3) is 0 Å². The number of aliphatic carboxylic acids is 2. The van der Waals surface area contributed by atoms with Crippen LogP contribution in [0.5, 0.6) is 0 Å². The summed E-state index contributed by atoms with van der Waals surface area (Å²) in [6.07, 6.45) is -6.96. The van der Waals surface area contributed by atoms with Gasteiger partial charge in [0.05, 0.1) is 0 Å². The van der Waals surface area contributed by atoms with Gasteiger partial charge in [0.15, 0.2) is 0 Å². The molecule has 0 rings (SSSR count). The van der Waals surface area contributed by atoms with Gasteiger partial charge in [-0.2, -0.15) is 0 Å². The van der Waals surface area contributed by atoms with Crippen molar-refractivity contribution in [3.63, 3.8) is 0 Å². The van der Waals surface area contributed by atoms with Crippen LogP contribution < -0.4 is 5.73 Å². The van der Waals surface area contributed by atoms with Gasteiger partial charge in [-0.3, -0.25) is 9.59 Å². The van der Waals surface area contributed by atoms with E-state index in [1.807, 2.05) is 0 Å². The first-order valence-corrected chi connectivity index (χ1v) is 2.72. The quantitative estimate of drug-likeness (QED) is 0.517. The fourth-order valence-corrected chi connectivity index (χ4v) is 0.298. The van der Waals surface area contributed by atoms with Crippen LogP contribution in [0.1, 0.15) is 24.6 Å². The van der Waals surface area contributed by atoms with E-state index in [0.29, 0.717) is 0 Å². The Bertz CT molecular complexity index is 280. The molecule has 0 fully saturated rings. The molecule has 0 aliphatic heterocycles. The lowest BCUT2D eigenvalue weighted by Crippen LogP contribution is -2.29. The summed E-state index contributed by atoms with van der Waals surface area (Å²) in [6.45, 7) is 0. The van der Waals surface area contributed by atoms with Crippen molar-refractivity contribution in [3.8, 4) is 0 Å². The summed E-state index contributed by atoms with van der Waals surface area (Å²) in [5.41, 5.74) is 4.95. The average molecular weight is 165 g/mol. The van der Waals surface area contributed by atoms with Crippen molar-refractivity contribution >= 4 is 11.9 Å². The lowest BCUT2D eigenvalue weighted by Gasteiger charge is -2.02. The first-order chi connectivity index (χ1) is 6.52. The first kappa shape index (κ1) is 4.71. The van der Waals surface area contributed by atoms with Crippen LogP contribution in [0.2, 0.25) is 0 Å². The molecule has 0 saturated carbocycles. The summed E-state index contributed by atoms with van der Waals surface area (Å²) >= 11 is 0. The zero-order chi connectivity index (χ0) is 12.4. The number of carboxylic acids is 2. The fourth-order valence-electron chi connectivity index (χ4n) is 0.298. The van der Waals surface area contributed by atoms with E-state index >= 15 is 0 Å². The van der Waals surface area contributed by atoms with Gasteiger partial charge in [0.2, 0.25) is 0 Å². The van der Waals surface area contributed by atoms with Gasteiger partial charge < -0.3 is 15.9 Å². The Balaban J connectivity index is 4.99. The van der Waals surface area contributed by atoms with Gasteiger partial charge in [0, 0.05) is 11.9 Å². The van der Waals surface area contributed by atoms with Crippen LogP contribution in [-0.2, 0) is 9.59 Å². The first-order valence-electron chi connectivity index (χ1n) is 4.72. The van der Waals surface area contributed by atoms with Gasteiger partial charge in [-0.15, -0.1) is 0 Å². The van der Waals surface area contributed by atoms with E-state index in [4.69, 9.17) is 21.4 Å². The molecule has 4 N–H and O–H groups in total. The summed E-state index contributed by atoms with van der Waals surface area (Å²) in [6, 6.07) is -2.12. The van der Waals surface area contributed by atoms with Crippen molar-refractivity contribution in [1.29, 1.82) is 0 Å². The van der Waals surface area contributed by atoms with Gasteiger partial charge >= 0.3 is 11.9 Å². The van der Waals surface area contributed by atoms with E-state index in [-0.39, 0.29) is 0 Å². The maximum absolute atomic E-state index is 10.4. The Morgan fingerprint density at radius 3 is 2.45 bits per heavy atom. The van der Waals surface area contributed by atoms with Crippen LogP contribution >= 0.6 is 0 Å². The molecule has 0 aromatic heterocycles. The third-order valence-corrected chi connectivity index (χ3v) is 0.763. The van der Waals surface area contributed by atoms with Gasteiger partial charge in [-0.1, -0.05) is 0 Å². The molecule has 0 radical (unpaired) electrons. The van der Waals surface area contributed by atoms with Gasteiger partial charge in [0.1, 0.15) is 6.04 Å². The molecule has 5 nitrogen and oxygen atoms in total. The minimum Gasteiger partial charge on any atom is -0.481 e. The largest absolute Gasteiger partial charge is 0.481 e. The maximum Gasteiger partial charge on any atom is 0.320 e. The highest BCUT2D eigenvalue weighted by molar-refractivity contribution is 5.73. The molecule has 5 heteroatoms. The summed E-state index contributed by atoms with van der Waals surface area (Å²) in [4.78, 5) is 20.7. The van der Waals surface area contributed by atoms with E-state index in [0.717, 1.165) is 0 Å². The molecule has 0 aromatic rings. The second-order valence-electron chi connectivity index (χ2n) is 1.71. The average Bonchev–Trinajstić information content (AvgIpc) is 1.99. The molecular weight excluding hydrogens is 150 g/mol. The molecule has 64 valence electrons. The Morgan fingerprint density at radius 2 is 2.09 bits per heavy atom. The van der Waals surface area contributed by atoms with Gasteiger partial charge in [-0.05, 0) is 12.7 Å². The monoisotopic (exact) mass is 165 g/mol. The molecule has 1 atom stereocenters. The number of carboxylic acid groups (broad SMARTS) is 2. The highest BCUT2D eigenvalue weighted by atomic mass is 16.4. The predicted octanol–water partition coefficient (Wildman–Crippen LogP) is -0.347. The van der Waals surface area contributed by atoms with Crippen molar-refractivity contribution in [2.45, 2.75) is 25.2 Å². The summed E-state index contributed by atoms with van der Waals surface area (Å²) in [5, 5.41) is 16.8. The lowest BCUT2D eigenvalue weighted by atomic mass is 10.1. The standard InChI is InChI=1S/C6H11NO4/c7-4(6(10)11)2-1-3-5(8)9/h4H,1-3,7H2,(H,8,9)(H,10,11)/i1D2,2D2. The van der Waals surface area contributed by atoms with Crippen molar-refractivity contribution in [2.24, 2.45) is 5.73 Å². The third-order valence-electron chi connectivity index (χ3n) is 0.763. The highest BCUT2D eigenvalue weighted by Gasteiger charge is 2.10. The summed E-state index contributed by atoms with van der Waals surface area (Å²) in [7, 11) is 0. The molecule has 0 saturated heterocycles. The Hall–Kier alpha value is -1.10. The normalized spacial score (nSPS) is 20.5. The third kappa shape index (κ3) is 5.35. The van der Waals surface area contributed by atoms with Crippen molar-refractivity contribution in [2.75, 3.05) is 0 Å². The summed E-state index contributed by atoms with van der Waals surface area (Å²) in [5.74, 6) is -3.30. The number of nitrogens with two attached hydrogens (primary N) is 1. The van der Waals surface area contributed by atoms with Crippen LogP contribution in [0.4, 0.5) is 0 Å². The lowest BCUT2D eigenvalue weighted by molar-refractivity contribution is -0.140. The Labute approximate surface area is 69.4 Å². The van der Waals surface area contributed by atoms with E-state index in [1.165, 1.54) is 0 Å². The number of rotatable bonds is 5. The van der Waals surface area contributed by atoms with Crippen molar-refractivity contribution in [1.82, 2.24) is 0 Å². The Kier molecular flexibility index (Phi) is 2.00. The topological polar surface area (TPSA) is 101 Å². The highest BCUT2D eigenvalue weighted by Crippen LogP contribution is 1.98. The predicted molar refractivity (Wildman–Crippen MR) is 37.1 cm³/mol. The van der Waals surface area contributed by atoms with E-state index < -0.39 is 37.1 Å². The zero-order valence-corrected chi connectivity index (χ0v) is 5.57. The molecule has 0 bridgehead atoms. The zero-order valence-electron chi connectivity index (χ0n) is 9.57. The van der Waals surface area contributed by atoms with Crippen LogP contribution in [0.3, 0.4) is 0 Å². The molecule has 11 heavy (non-hydrogen) atoms. The van der Waals surface area contributed by atoms with E-state index in [1.54, 1.807) is 0 Å². The smallest absolute Gasteiger partial charge is 0.320 e. The molecule has 0 heterocycles. The SMILES string of the molecule is [2H]C([2H])(CC(=O)O)C([2H])([2H])C(N)C(=O)O. The second-order valence-corrected chi connectivity index (χ2v) is 1.71. The molecule has 0 aromatic carbocycles. The number of hydrogen-bond acceptors (Lipinski definition) is 3. The molecular formula is C6H11NO4. The van der Waals surface area contributed by atoms with Crippen LogP contribution in [0, 0.1) is 0 Å².